The first kappa shape index (κ1) is 9.74. The van der Waals surface area contributed by atoms with Crippen LogP contribution in [0.15, 0.2) is 18.3 Å². The van der Waals surface area contributed by atoms with Crippen molar-refractivity contribution >= 4 is 0 Å². The van der Waals surface area contributed by atoms with E-state index in [1.807, 2.05) is 19.3 Å². The van der Waals surface area contributed by atoms with E-state index in [1.165, 1.54) is 5.69 Å². The number of H-pyrrole nitrogens is 1. The maximum Gasteiger partial charge on any atom is 0.0746 e. The third kappa shape index (κ3) is 1.12. The average Bonchev–Trinajstić information content (AvgIpc) is 2.55. The van der Waals surface area contributed by atoms with Crippen LogP contribution < -0.4 is 5.32 Å². The Hall–Kier alpha value is -0.800. The molecule has 78 valence electrons. The molecule has 1 aliphatic rings. The molecule has 1 aromatic rings. The Morgan fingerprint density at radius 2 is 2.21 bits per heavy atom. The number of nitrogens with one attached hydrogen (secondary N) is 2. The molecule has 0 radical (unpaired) electrons. The molecule has 14 heavy (non-hydrogen) atoms. The largest absolute Gasteiger partial charge is 0.379 e. The molecule has 3 heteroatoms. The van der Waals surface area contributed by atoms with Crippen LogP contribution >= 0.6 is 0 Å². The molecule has 0 atom stereocenters. The minimum Gasteiger partial charge on any atom is -0.379 e. The molecule has 0 aromatic carbocycles. The Balaban J connectivity index is 2.36. The summed E-state index contributed by atoms with van der Waals surface area (Å²) in [5.74, 6) is 0. The summed E-state index contributed by atoms with van der Waals surface area (Å²) in [6.07, 6.45) is 1.97. The van der Waals surface area contributed by atoms with Gasteiger partial charge in [0.15, 0.2) is 0 Å². The highest BCUT2D eigenvalue weighted by Crippen LogP contribution is 2.40. The zero-order valence-corrected chi connectivity index (χ0v) is 9.05. The van der Waals surface area contributed by atoms with Gasteiger partial charge in [-0.25, -0.2) is 0 Å². The Morgan fingerprint density at radius 1 is 1.50 bits per heavy atom. The van der Waals surface area contributed by atoms with Gasteiger partial charge >= 0.3 is 0 Å². The SMILES string of the molecule is CNC(C)(C)C1(c2ccc[nH]2)COC1. The topological polar surface area (TPSA) is 37.0 Å². The Kier molecular flexibility index (Phi) is 2.16. The van der Waals surface area contributed by atoms with Crippen molar-refractivity contribution in [1.82, 2.24) is 10.3 Å². The maximum atomic E-state index is 5.39. The van der Waals surface area contributed by atoms with E-state index in [4.69, 9.17) is 4.74 Å². The fourth-order valence-electron chi connectivity index (χ4n) is 2.03. The first-order chi connectivity index (χ1) is 6.62. The first-order valence-corrected chi connectivity index (χ1v) is 5.03. The molecule has 0 unspecified atom stereocenters. The zero-order chi connectivity index (χ0) is 10.2. The zero-order valence-electron chi connectivity index (χ0n) is 9.05. The van der Waals surface area contributed by atoms with Gasteiger partial charge in [0, 0.05) is 17.4 Å². The molecule has 0 amide bonds. The van der Waals surface area contributed by atoms with Gasteiger partial charge in [0.25, 0.3) is 0 Å². The number of aromatic nitrogens is 1. The number of ether oxygens (including phenoxy) is 1. The molecule has 1 saturated heterocycles. The highest BCUT2D eigenvalue weighted by atomic mass is 16.5. The highest BCUT2D eigenvalue weighted by molar-refractivity contribution is 5.27. The summed E-state index contributed by atoms with van der Waals surface area (Å²) in [6, 6.07) is 4.18. The van der Waals surface area contributed by atoms with Crippen molar-refractivity contribution in [1.29, 1.82) is 0 Å². The summed E-state index contributed by atoms with van der Waals surface area (Å²) in [4.78, 5) is 3.30. The fourth-order valence-corrected chi connectivity index (χ4v) is 2.03. The van der Waals surface area contributed by atoms with Crippen LogP contribution in [0.2, 0.25) is 0 Å². The predicted molar refractivity (Wildman–Crippen MR) is 56.4 cm³/mol. The second-order valence-corrected chi connectivity index (χ2v) is 4.53. The van der Waals surface area contributed by atoms with Gasteiger partial charge in [-0.1, -0.05) is 0 Å². The third-order valence-corrected chi connectivity index (χ3v) is 3.63. The molecular weight excluding hydrogens is 176 g/mol. The van der Waals surface area contributed by atoms with E-state index in [9.17, 15) is 0 Å². The second-order valence-electron chi connectivity index (χ2n) is 4.53. The number of hydrogen-bond acceptors (Lipinski definition) is 2. The third-order valence-electron chi connectivity index (χ3n) is 3.63. The Morgan fingerprint density at radius 3 is 2.57 bits per heavy atom. The summed E-state index contributed by atoms with van der Waals surface area (Å²) in [6.45, 7) is 6.02. The Labute approximate surface area is 84.9 Å². The van der Waals surface area contributed by atoms with Gasteiger partial charge in [0.1, 0.15) is 0 Å². The quantitative estimate of drug-likeness (QED) is 0.760. The van der Waals surface area contributed by atoms with Crippen LogP contribution in [0.25, 0.3) is 0 Å². The molecule has 3 nitrogen and oxygen atoms in total. The highest BCUT2D eigenvalue weighted by Gasteiger charge is 2.52. The molecule has 2 rings (SSSR count). The lowest BCUT2D eigenvalue weighted by atomic mass is 9.67. The molecule has 1 aliphatic heterocycles. The summed E-state index contributed by atoms with van der Waals surface area (Å²) in [5, 5.41) is 3.37. The molecular formula is C11H18N2O. The van der Waals surface area contributed by atoms with Gasteiger partial charge in [-0.05, 0) is 33.0 Å². The molecule has 2 N–H and O–H groups in total. The van der Waals surface area contributed by atoms with Crippen molar-refractivity contribution < 1.29 is 4.74 Å². The van der Waals surface area contributed by atoms with Gasteiger partial charge < -0.3 is 15.0 Å². The van der Waals surface area contributed by atoms with Crippen molar-refractivity contribution in [3.63, 3.8) is 0 Å². The van der Waals surface area contributed by atoms with Crippen LogP contribution in [0.1, 0.15) is 19.5 Å². The van der Waals surface area contributed by atoms with Gasteiger partial charge in [0.2, 0.25) is 0 Å². The molecule has 0 bridgehead atoms. The molecule has 1 aromatic heterocycles. The van der Waals surface area contributed by atoms with E-state index < -0.39 is 0 Å². The standard InChI is InChI=1S/C11H18N2O/c1-10(2,12-3)11(7-14-8-11)9-5-4-6-13-9/h4-6,12-13H,7-8H2,1-3H3. The molecule has 2 heterocycles. The van der Waals surface area contributed by atoms with Gasteiger partial charge in [-0.2, -0.15) is 0 Å². The molecule has 1 fully saturated rings. The number of likely N-dealkylation sites (N-methyl/N-ethyl adjacent to an activating group) is 1. The summed E-state index contributed by atoms with van der Waals surface area (Å²) >= 11 is 0. The minimum absolute atomic E-state index is 0.0517. The number of hydrogen-bond donors (Lipinski definition) is 2. The molecule has 0 aliphatic carbocycles. The molecule has 0 saturated carbocycles. The van der Waals surface area contributed by atoms with Gasteiger partial charge in [0.05, 0.1) is 18.6 Å². The normalized spacial score (nSPS) is 20.5. The number of rotatable bonds is 3. The predicted octanol–water partition coefficient (Wildman–Crippen LogP) is 1.28. The fraction of sp³-hybridized carbons (Fsp3) is 0.636. The first-order valence-electron chi connectivity index (χ1n) is 5.03. The Bertz CT molecular complexity index is 299. The summed E-state index contributed by atoms with van der Waals surface area (Å²) in [7, 11) is 2.00. The van der Waals surface area contributed by atoms with Crippen LogP contribution in [0.3, 0.4) is 0 Å². The van der Waals surface area contributed by atoms with Gasteiger partial charge in [-0.15, -0.1) is 0 Å². The van der Waals surface area contributed by atoms with Crippen LogP contribution in [0.4, 0.5) is 0 Å². The average molecular weight is 194 g/mol. The van der Waals surface area contributed by atoms with Crippen molar-refractivity contribution in [2.24, 2.45) is 0 Å². The maximum absolute atomic E-state index is 5.39. The number of aromatic amines is 1. The van der Waals surface area contributed by atoms with E-state index in [0.717, 1.165) is 13.2 Å². The van der Waals surface area contributed by atoms with E-state index in [-0.39, 0.29) is 11.0 Å². The molecule has 0 spiro atoms. The monoisotopic (exact) mass is 194 g/mol. The van der Waals surface area contributed by atoms with Gasteiger partial charge in [-0.3, -0.25) is 0 Å². The smallest absolute Gasteiger partial charge is 0.0746 e. The van der Waals surface area contributed by atoms with Crippen LogP contribution in [0.5, 0.6) is 0 Å². The van der Waals surface area contributed by atoms with E-state index in [2.05, 4.69) is 30.2 Å². The van der Waals surface area contributed by atoms with Crippen molar-refractivity contribution in [3.05, 3.63) is 24.0 Å². The summed E-state index contributed by atoms with van der Waals surface area (Å²) in [5.41, 5.74) is 1.42. The van der Waals surface area contributed by atoms with E-state index in [0.29, 0.717) is 0 Å². The van der Waals surface area contributed by atoms with Crippen molar-refractivity contribution in [2.75, 3.05) is 20.3 Å². The lowest BCUT2D eigenvalue weighted by Gasteiger charge is -2.51. The second kappa shape index (κ2) is 3.11. The van der Waals surface area contributed by atoms with Crippen LogP contribution in [0, 0.1) is 0 Å². The lowest BCUT2D eigenvalue weighted by Crippen LogP contribution is -2.65. The lowest BCUT2D eigenvalue weighted by molar-refractivity contribution is -0.101. The van der Waals surface area contributed by atoms with Crippen molar-refractivity contribution in [3.8, 4) is 0 Å². The minimum atomic E-state index is 0.0517. The van der Waals surface area contributed by atoms with E-state index >= 15 is 0 Å². The van der Waals surface area contributed by atoms with E-state index in [1.54, 1.807) is 0 Å². The van der Waals surface area contributed by atoms with Crippen LogP contribution in [-0.4, -0.2) is 30.8 Å². The van der Waals surface area contributed by atoms with Crippen LogP contribution in [-0.2, 0) is 10.2 Å². The van der Waals surface area contributed by atoms with Crippen molar-refractivity contribution in [2.45, 2.75) is 24.8 Å². The summed E-state index contributed by atoms with van der Waals surface area (Å²) < 4.78 is 5.39.